The summed E-state index contributed by atoms with van der Waals surface area (Å²) in [5.41, 5.74) is 0.211. The zero-order chi connectivity index (χ0) is 32.2. The number of fused-ring (bicyclic) bond motifs is 5. The average molecular weight is 631 g/mol. The standard InChI is InChI=1S/C42H50O3Si/c1-5-23-41(45-46(34-15-9-6-10-16-34,35-17-11-7-12-18-35)36-19-13-8-14-20-36)25-22-37-39-30(2)26-32-28-33(44)27-31(3)42(32,29-43)38(39)21-24-40(37,41)4/h5-20,23,28-31,33,37-39,44H,21-22,24-27H2,1-4H3/t30?,31?,33-,37-,38-,39-,40-,41-,42-/m0/s1. The Morgan fingerprint density at radius 2 is 1.37 bits per heavy atom. The lowest BCUT2D eigenvalue weighted by atomic mass is 9.42. The fourth-order valence-electron chi connectivity index (χ4n) is 11.2. The van der Waals surface area contributed by atoms with Crippen LogP contribution in [0.25, 0.3) is 0 Å². The molecule has 0 aromatic heterocycles. The van der Waals surface area contributed by atoms with E-state index in [-0.39, 0.29) is 11.3 Å². The van der Waals surface area contributed by atoms with Gasteiger partial charge < -0.3 is 14.3 Å². The van der Waals surface area contributed by atoms with Crippen molar-refractivity contribution in [2.75, 3.05) is 0 Å². The first kappa shape index (κ1) is 31.5. The second-order valence-electron chi connectivity index (χ2n) is 15.2. The number of allylic oxidation sites excluding steroid dienone is 2. The second kappa shape index (κ2) is 11.9. The molecule has 0 amide bonds. The van der Waals surface area contributed by atoms with E-state index in [1.165, 1.54) is 27.4 Å². The predicted molar refractivity (Wildman–Crippen MR) is 190 cm³/mol. The fraction of sp³-hybridized carbons (Fsp3) is 0.452. The molecule has 0 bridgehead atoms. The molecule has 4 aliphatic rings. The summed E-state index contributed by atoms with van der Waals surface area (Å²) in [5.74, 6) is 1.80. The van der Waals surface area contributed by atoms with Gasteiger partial charge in [-0.2, -0.15) is 0 Å². The van der Waals surface area contributed by atoms with Crippen LogP contribution < -0.4 is 15.6 Å². The number of carbonyl (C=O) groups excluding carboxylic acids is 1. The molecule has 7 rings (SSSR count). The monoisotopic (exact) mass is 630 g/mol. The lowest BCUT2D eigenvalue weighted by Gasteiger charge is -2.62. The van der Waals surface area contributed by atoms with Crippen molar-refractivity contribution in [3.63, 3.8) is 0 Å². The maximum atomic E-state index is 13.3. The summed E-state index contributed by atoms with van der Waals surface area (Å²) >= 11 is 0. The zero-order valence-electron chi connectivity index (χ0n) is 27.9. The van der Waals surface area contributed by atoms with Gasteiger partial charge in [-0.1, -0.05) is 136 Å². The van der Waals surface area contributed by atoms with Crippen molar-refractivity contribution in [1.29, 1.82) is 0 Å². The van der Waals surface area contributed by atoms with Crippen LogP contribution in [-0.2, 0) is 9.22 Å². The quantitative estimate of drug-likeness (QED) is 0.133. The topological polar surface area (TPSA) is 46.5 Å². The van der Waals surface area contributed by atoms with Crippen molar-refractivity contribution in [1.82, 2.24) is 0 Å². The maximum Gasteiger partial charge on any atom is 0.289 e. The molecule has 240 valence electrons. The molecule has 0 heterocycles. The Kier molecular flexibility index (Phi) is 8.14. The Hall–Kier alpha value is -3.05. The van der Waals surface area contributed by atoms with E-state index in [1.54, 1.807) is 0 Å². The Morgan fingerprint density at radius 3 is 1.89 bits per heavy atom. The average Bonchev–Trinajstić information content (AvgIpc) is 3.36. The third kappa shape index (κ3) is 4.47. The molecule has 46 heavy (non-hydrogen) atoms. The van der Waals surface area contributed by atoms with Gasteiger partial charge >= 0.3 is 0 Å². The molecule has 2 unspecified atom stereocenters. The molecule has 3 aromatic carbocycles. The van der Waals surface area contributed by atoms with Crippen LogP contribution in [0, 0.1) is 40.4 Å². The molecule has 3 aromatic rings. The van der Waals surface area contributed by atoms with E-state index >= 15 is 0 Å². The highest BCUT2D eigenvalue weighted by Gasteiger charge is 2.68. The fourth-order valence-corrected chi connectivity index (χ4v) is 15.5. The van der Waals surface area contributed by atoms with Gasteiger partial charge in [0.1, 0.15) is 6.29 Å². The van der Waals surface area contributed by atoms with Gasteiger partial charge in [0.15, 0.2) is 0 Å². The molecule has 3 saturated carbocycles. The van der Waals surface area contributed by atoms with Crippen molar-refractivity contribution in [3.8, 4) is 0 Å². The van der Waals surface area contributed by atoms with Crippen molar-refractivity contribution in [2.24, 2.45) is 40.4 Å². The van der Waals surface area contributed by atoms with Gasteiger partial charge in [-0.3, -0.25) is 0 Å². The first-order chi connectivity index (χ1) is 22.3. The lowest BCUT2D eigenvalue weighted by Crippen LogP contribution is -2.73. The third-order valence-corrected chi connectivity index (χ3v) is 17.3. The van der Waals surface area contributed by atoms with Gasteiger partial charge in [0.25, 0.3) is 8.32 Å². The van der Waals surface area contributed by atoms with E-state index in [1.807, 2.05) is 0 Å². The minimum atomic E-state index is -3.00. The molecule has 3 fully saturated rings. The SMILES string of the molecule is CC=C[C@]1(O[Si](c2ccccc2)(c2ccccc2)c2ccccc2)CC[C@H]2[C@@H]3C(C)CC4=C[C@@H](O)CC(C)[C@]4(C=O)[C@H]3CC[C@@]21C. The first-order valence-corrected chi connectivity index (χ1v) is 19.5. The Bertz CT molecular complexity index is 1500. The molecular formula is C42H50O3Si. The third-order valence-electron chi connectivity index (χ3n) is 13.2. The van der Waals surface area contributed by atoms with Gasteiger partial charge in [0.05, 0.1) is 17.1 Å². The molecular weight excluding hydrogens is 581 g/mol. The number of aliphatic hydroxyl groups is 1. The molecule has 9 atom stereocenters. The molecule has 0 spiro atoms. The molecule has 0 saturated heterocycles. The van der Waals surface area contributed by atoms with Crippen molar-refractivity contribution in [2.45, 2.75) is 77.9 Å². The summed E-state index contributed by atoms with van der Waals surface area (Å²) in [7, 11) is -3.00. The minimum absolute atomic E-state index is 0.0890. The number of benzene rings is 3. The minimum Gasteiger partial charge on any atom is -0.394 e. The van der Waals surface area contributed by atoms with Crippen molar-refractivity contribution < 1.29 is 14.3 Å². The number of aliphatic hydroxyl groups excluding tert-OH is 1. The van der Waals surface area contributed by atoms with Gasteiger partial charge in [-0.15, -0.1) is 0 Å². The molecule has 0 radical (unpaired) electrons. The van der Waals surface area contributed by atoms with Crippen molar-refractivity contribution >= 4 is 30.2 Å². The number of hydrogen-bond donors (Lipinski definition) is 1. The molecule has 4 aliphatic carbocycles. The largest absolute Gasteiger partial charge is 0.394 e. The van der Waals surface area contributed by atoms with Crippen LogP contribution in [0.15, 0.2) is 115 Å². The summed E-state index contributed by atoms with van der Waals surface area (Å²) in [6.45, 7) is 9.31. The van der Waals surface area contributed by atoms with E-state index in [0.29, 0.717) is 30.1 Å². The predicted octanol–water partition coefficient (Wildman–Crippen LogP) is 6.98. The number of aldehydes is 1. The van der Waals surface area contributed by atoms with E-state index in [4.69, 9.17) is 4.43 Å². The molecule has 1 N–H and O–H groups in total. The van der Waals surface area contributed by atoms with Crippen LogP contribution in [0.4, 0.5) is 0 Å². The highest BCUT2D eigenvalue weighted by atomic mass is 28.4. The van der Waals surface area contributed by atoms with Crippen LogP contribution in [0.5, 0.6) is 0 Å². The van der Waals surface area contributed by atoms with Gasteiger partial charge in [-0.25, -0.2) is 0 Å². The van der Waals surface area contributed by atoms with Crippen LogP contribution in [0.2, 0.25) is 0 Å². The maximum absolute atomic E-state index is 13.3. The van der Waals surface area contributed by atoms with Crippen LogP contribution in [-0.4, -0.2) is 31.4 Å². The van der Waals surface area contributed by atoms with E-state index in [2.05, 4.69) is 137 Å². The Labute approximate surface area is 276 Å². The summed E-state index contributed by atoms with van der Waals surface area (Å²) < 4.78 is 8.20. The van der Waals surface area contributed by atoms with Gasteiger partial charge in [-0.05, 0) is 90.6 Å². The highest BCUT2D eigenvalue weighted by molar-refractivity contribution is 7.07. The summed E-state index contributed by atoms with van der Waals surface area (Å²) in [4.78, 5) is 13.3. The second-order valence-corrected chi connectivity index (χ2v) is 18.5. The lowest BCUT2D eigenvalue weighted by molar-refractivity contribution is -0.144. The van der Waals surface area contributed by atoms with Crippen LogP contribution in [0.3, 0.4) is 0 Å². The molecule has 4 heteroatoms. The molecule has 0 aliphatic heterocycles. The van der Waals surface area contributed by atoms with E-state index in [0.717, 1.165) is 32.1 Å². The number of carbonyl (C=O) groups is 1. The summed E-state index contributed by atoms with van der Waals surface area (Å²) in [6, 6.07) is 33.0. The highest BCUT2D eigenvalue weighted by Crippen LogP contribution is 2.70. The smallest absolute Gasteiger partial charge is 0.289 e. The van der Waals surface area contributed by atoms with Gasteiger partial charge in [0, 0.05) is 5.41 Å². The van der Waals surface area contributed by atoms with Gasteiger partial charge in [0.2, 0.25) is 0 Å². The summed E-state index contributed by atoms with van der Waals surface area (Å²) in [5, 5.41) is 14.5. The normalized spacial score (nSPS) is 37.2. The van der Waals surface area contributed by atoms with E-state index < -0.39 is 25.4 Å². The number of hydrogen-bond acceptors (Lipinski definition) is 3. The number of rotatable bonds is 7. The zero-order valence-corrected chi connectivity index (χ0v) is 28.9. The first-order valence-electron chi connectivity index (χ1n) is 17.6. The Morgan fingerprint density at radius 1 is 0.826 bits per heavy atom. The van der Waals surface area contributed by atoms with Crippen LogP contribution >= 0.6 is 0 Å². The van der Waals surface area contributed by atoms with E-state index in [9.17, 15) is 9.90 Å². The van der Waals surface area contributed by atoms with Crippen molar-refractivity contribution in [3.05, 3.63) is 115 Å². The summed E-state index contributed by atoms with van der Waals surface area (Å²) in [6.07, 6.45) is 13.3. The molecule has 3 nitrogen and oxygen atoms in total. The Balaban J connectivity index is 1.38. The van der Waals surface area contributed by atoms with Crippen LogP contribution in [0.1, 0.15) is 66.2 Å².